The molecule has 1 unspecified atom stereocenters. The van der Waals surface area contributed by atoms with Crippen molar-refractivity contribution in [1.82, 2.24) is 10.6 Å². The van der Waals surface area contributed by atoms with Gasteiger partial charge in [-0.15, -0.1) is 11.3 Å². The predicted molar refractivity (Wildman–Crippen MR) is 85.1 cm³/mol. The van der Waals surface area contributed by atoms with E-state index in [2.05, 4.69) is 55.8 Å². The molecule has 1 fully saturated rings. The Labute approximate surface area is 126 Å². The summed E-state index contributed by atoms with van der Waals surface area (Å²) in [5, 5.41) is 8.64. The summed E-state index contributed by atoms with van der Waals surface area (Å²) in [6.45, 7) is 11.1. The van der Waals surface area contributed by atoms with Crippen LogP contribution in [0.25, 0.3) is 0 Å². The molecule has 1 saturated heterocycles. The molecule has 0 radical (unpaired) electrons. The molecular weight excluding hydrogens is 268 g/mol. The molecule has 1 amide bonds. The van der Waals surface area contributed by atoms with Crippen LogP contribution in [0.5, 0.6) is 0 Å². The summed E-state index contributed by atoms with van der Waals surface area (Å²) in [4.78, 5) is 14.0. The van der Waals surface area contributed by atoms with E-state index in [0.717, 1.165) is 19.5 Å². The number of thiophene rings is 1. The lowest BCUT2D eigenvalue weighted by Gasteiger charge is -2.33. The van der Waals surface area contributed by atoms with Crippen molar-refractivity contribution in [2.75, 3.05) is 19.6 Å². The van der Waals surface area contributed by atoms with Gasteiger partial charge in [-0.1, -0.05) is 33.8 Å². The van der Waals surface area contributed by atoms with Gasteiger partial charge < -0.3 is 10.6 Å². The second-order valence-electron chi connectivity index (χ2n) is 6.78. The molecule has 2 heterocycles. The first-order chi connectivity index (χ1) is 9.38. The average Bonchev–Trinajstić information content (AvgIpc) is 3.06. The quantitative estimate of drug-likeness (QED) is 0.877. The van der Waals surface area contributed by atoms with Crippen molar-refractivity contribution in [2.24, 2.45) is 11.3 Å². The van der Waals surface area contributed by atoms with Crippen LogP contribution in [0.2, 0.25) is 0 Å². The van der Waals surface area contributed by atoms with Crippen molar-refractivity contribution in [1.29, 1.82) is 0 Å². The zero-order chi connectivity index (χ0) is 14.8. The van der Waals surface area contributed by atoms with Gasteiger partial charge in [-0.05, 0) is 30.3 Å². The van der Waals surface area contributed by atoms with Crippen LogP contribution in [-0.2, 0) is 10.2 Å². The Bertz CT molecular complexity index is 445. The van der Waals surface area contributed by atoms with E-state index in [1.807, 2.05) is 0 Å². The molecule has 1 atom stereocenters. The molecule has 20 heavy (non-hydrogen) atoms. The van der Waals surface area contributed by atoms with Gasteiger partial charge in [0.2, 0.25) is 5.91 Å². The van der Waals surface area contributed by atoms with Gasteiger partial charge in [0.15, 0.2) is 0 Å². The van der Waals surface area contributed by atoms with E-state index in [1.54, 1.807) is 11.3 Å². The number of rotatable bonds is 5. The molecule has 112 valence electrons. The number of nitrogens with one attached hydrogen (secondary N) is 2. The van der Waals surface area contributed by atoms with Gasteiger partial charge in [-0.25, -0.2) is 0 Å². The van der Waals surface area contributed by atoms with Crippen molar-refractivity contribution in [3.63, 3.8) is 0 Å². The van der Waals surface area contributed by atoms with E-state index in [9.17, 15) is 4.79 Å². The van der Waals surface area contributed by atoms with Gasteiger partial charge in [0.25, 0.3) is 0 Å². The number of amides is 1. The maximum atomic E-state index is 12.7. The smallest absolute Gasteiger partial charge is 0.227 e. The van der Waals surface area contributed by atoms with Crippen LogP contribution in [0.4, 0.5) is 0 Å². The highest BCUT2D eigenvalue weighted by molar-refractivity contribution is 7.10. The van der Waals surface area contributed by atoms with Gasteiger partial charge in [-0.2, -0.15) is 0 Å². The lowest BCUT2D eigenvalue weighted by atomic mass is 9.75. The summed E-state index contributed by atoms with van der Waals surface area (Å²) in [5.74, 6) is 0.574. The van der Waals surface area contributed by atoms with Gasteiger partial charge in [-0.3, -0.25) is 4.79 Å². The normalized spacial score (nSPS) is 23.2. The minimum atomic E-state index is -0.231. The highest BCUT2D eigenvalue weighted by atomic mass is 32.1. The molecule has 0 saturated carbocycles. The predicted octanol–water partition coefficient (Wildman–Crippen LogP) is 2.78. The zero-order valence-electron chi connectivity index (χ0n) is 13.0. The highest BCUT2D eigenvalue weighted by Crippen LogP contribution is 2.35. The van der Waals surface area contributed by atoms with Crippen LogP contribution in [-0.4, -0.2) is 25.5 Å². The van der Waals surface area contributed by atoms with Crippen molar-refractivity contribution < 1.29 is 4.79 Å². The molecule has 3 nitrogen and oxygen atoms in total. The largest absolute Gasteiger partial charge is 0.355 e. The molecule has 0 aromatic carbocycles. The molecule has 1 aliphatic rings. The standard InChI is InChI=1S/C16H26N2OS/c1-12(2)16(7-8-17-11-16)14(19)18-10-15(3,4)13-6-5-9-20-13/h5-6,9,12,17H,7-8,10-11H2,1-4H3,(H,18,19). The number of carbonyl (C=O) groups excluding carboxylic acids is 1. The first-order valence-electron chi connectivity index (χ1n) is 7.41. The summed E-state index contributed by atoms with van der Waals surface area (Å²) in [5.41, 5.74) is -0.237. The molecule has 4 heteroatoms. The summed E-state index contributed by atoms with van der Waals surface area (Å²) >= 11 is 1.76. The van der Waals surface area contributed by atoms with Crippen molar-refractivity contribution >= 4 is 17.2 Å². The molecule has 0 spiro atoms. The molecule has 2 rings (SSSR count). The van der Waals surface area contributed by atoms with Crippen LogP contribution in [0, 0.1) is 11.3 Å². The highest BCUT2D eigenvalue weighted by Gasteiger charge is 2.44. The van der Waals surface area contributed by atoms with E-state index in [1.165, 1.54) is 4.88 Å². The second-order valence-corrected chi connectivity index (χ2v) is 7.73. The Morgan fingerprint density at radius 3 is 2.80 bits per heavy atom. The Morgan fingerprint density at radius 1 is 1.55 bits per heavy atom. The van der Waals surface area contributed by atoms with Crippen LogP contribution in [0.1, 0.15) is 39.0 Å². The van der Waals surface area contributed by atoms with Gasteiger partial charge in [0, 0.05) is 23.4 Å². The van der Waals surface area contributed by atoms with Gasteiger partial charge in [0.05, 0.1) is 5.41 Å². The first kappa shape index (κ1) is 15.5. The zero-order valence-corrected chi connectivity index (χ0v) is 13.8. The molecule has 1 aromatic rings. The van der Waals surface area contributed by atoms with Crippen molar-refractivity contribution in [2.45, 2.75) is 39.5 Å². The van der Waals surface area contributed by atoms with Gasteiger partial charge in [0.1, 0.15) is 0 Å². The maximum Gasteiger partial charge on any atom is 0.227 e. The molecular formula is C16H26N2OS. The number of hydrogen-bond donors (Lipinski definition) is 2. The Morgan fingerprint density at radius 2 is 2.30 bits per heavy atom. The Balaban J connectivity index is 2.01. The van der Waals surface area contributed by atoms with Gasteiger partial charge >= 0.3 is 0 Å². The SMILES string of the molecule is CC(C)C1(C(=O)NCC(C)(C)c2cccs2)CCNC1. The first-order valence-corrected chi connectivity index (χ1v) is 8.29. The molecule has 1 aliphatic heterocycles. The number of carbonyl (C=O) groups is 1. The number of hydrogen-bond acceptors (Lipinski definition) is 3. The molecule has 2 N–H and O–H groups in total. The average molecular weight is 294 g/mol. The topological polar surface area (TPSA) is 41.1 Å². The molecule has 0 aliphatic carbocycles. The molecule has 1 aromatic heterocycles. The Hall–Kier alpha value is -0.870. The van der Waals surface area contributed by atoms with E-state index in [4.69, 9.17) is 0 Å². The van der Waals surface area contributed by atoms with Crippen molar-refractivity contribution in [3.8, 4) is 0 Å². The van der Waals surface area contributed by atoms with Crippen molar-refractivity contribution in [3.05, 3.63) is 22.4 Å². The van der Waals surface area contributed by atoms with Crippen LogP contribution < -0.4 is 10.6 Å². The Kier molecular flexibility index (Phi) is 4.55. The second kappa shape index (κ2) is 5.86. The summed E-state index contributed by atoms with van der Waals surface area (Å²) in [6, 6.07) is 4.21. The third-order valence-corrected chi connectivity index (χ3v) is 5.86. The fraction of sp³-hybridized carbons (Fsp3) is 0.688. The van der Waals surface area contributed by atoms with Crippen LogP contribution in [0.15, 0.2) is 17.5 Å². The molecule has 0 bridgehead atoms. The summed E-state index contributed by atoms with van der Waals surface area (Å²) in [7, 11) is 0. The van der Waals surface area contributed by atoms with E-state index in [0.29, 0.717) is 12.5 Å². The monoisotopic (exact) mass is 294 g/mol. The van der Waals surface area contributed by atoms with E-state index >= 15 is 0 Å². The fourth-order valence-electron chi connectivity index (χ4n) is 2.89. The maximum absolute atomic E-state index is 12.7. The fourth-order valence-corrected chi connectivity index (χ4v) is 3.74. The minimum absolute atomic E-state index is 0.00592. The van der Waals surface area contributed by atoms with E-state index < -0.39 is 0 Å². The third-order valence-electron chi connectivity index (χ3n) is 4.62. The third kappa shape index (κ3) is 2.91. The summed E-state index contributed by atoms with van der Waals surface area (Å²) < 4.78 is 0. The minimum Gasteiger partial charge on any atom is -0.355 e. The lowest BCUT2D eigenvalue weighted by molar-refractivity contribution is -0.132. The lowest BCUT2D eigenvalue weighted by Crippen LogP contribution is -2.48. The van der Waals surface area contributed by atoms with Crippen LogP contribution in [0.3, 0.4) is 0 Å². The van der Waals surface area contributed by atoms with Crippen LogP contribution >= 0.6 is 11.3 Å². The summed E-state index contributed by atoms with van der Waals surface area (Å²) in [6.07, 6.45) is 0.940. The van der Waals surface area contributed by atoms with E-state index in [-0.39, 0.29) is 16.7 Å².